The number of hydrogen-bond donors (Lipinski definition) is 1. The van der Waals surface area contributed by atoms with E-state index in [0.717, 1.165) is 66.3 Å². The minimum Gasteiger partial charge on any atom is -0.309 e. The molecule has 4 nitrogen and oxygen atoms in total. The first-order valence-corrected chi connectivity index (χ1v) is 18.6. The zero-order chi connectivity index (χ0) is 35.8. The number of nitrogens with zero attached hydrogens (tertiary/aromatic N) is 4. The van der Waals surface area contributed by atoms with Gasteiger partial charge in [-0.2, -0.15) is 0 Å². The van der Waals surface area contributed by atoms with E-state index < -0.39 is 0 Å². The average Bonchev–Trinajstić information content (AvgIpc) is 3.89. The third-order valence-electron chi connectivity index (χ3n) is 10.7. The molecule has 0 amide bonds. The molecule has 0 saturated carbocycles. The highest BCUT2D eigenvalue weighted by Gasteiger charge is 2.22. The van der Waals surface area contributed by atoms with E-state index >= 15 is 0 Å². The number of hydrogen-bond acceptors (Lipinski definition) is 2. The Hall–Kier alpha value is -6.82. The smallest absolute Gasteiger partial charge is 0.220 e. The van der Waals surface area contributed by atoms with Gasteiger partial charge in [-0.25, -0.2) is 4.98 Å². The highest BCUT2D eigenvalue weighted by Crippen LogP contribution is 2.40. The molecule has 0 aliphatic heterocycles. The van der Waals surface area contributed by atoms with Gasteiger partial charge >= 0.3 is 0 Å². The summed E-state index contributed by atoms with van der Waals surface area (Å²) in [6, 6.07) is 67.1. The second kappa shape index (κ2) is 12.1. The van der Waals surface area contributed by atoms with Crippen molar-refractivity contribution < 1.29 is 0 Å². The van der Waals surface area contributed by atoms with Crippen molar-refractivity contribution in [1.29, 1.82) is 0 Å². The van der Waals surface area contributed by atoms with Crippen molar-refractivity contribution in [2.45, 2.75) is 4.90 Å². The van der Waals surface area contributed by atoms with Crippen LogP contribution in [0.15, 0.2) is 193 Å². The molecule has 0 N–H and O–H groups in total. The fraction of sp³-hybridized carbons (Fsp3) is 0. The molecule has 5 heteroatoms. The molecule has 0 spiro atoms. The first kappa shape index (κ1) is 30.8. The van der Waals surface area contributed by atoms with Crippen LogP contribution in [-0.2, 0) is 0 Å². The van der Waals surface area contributed by atoms with Crippen molar-refractivity contribution in [2.75, 3.05) is 0 Å². The van der Waals surface area contributed by atoms with Gasteiger partial charge in [0.15, 0.2) is 0 Å². The normalized spacial score (nSPS) is 11.8. The molecule has 54 heavy (non-hydrogen) atoms. The molecular weight excluding hydrogens is 677 g/mol. The fourth-order valence-electron chi connectivity index (χ4n) is 8.32. The van der Waals surface area contributed by atoms with Crippen LogP contribution in [-0.4, -0.2) is 18.5 Å². The molecule has 0 radical (unpaired) electrons. The van der Waals surface area contributed by atoms with Crippen molar-refractivity contribution in [3.63, 3.8) is 0 Å². The topological polar surface area (TPSA) is 27.2 Å². The van der Waals surface area contributed by atoms with Gasteiger partial charge in [0.2, 0.25) is 5.78 Å². The van der Waals surface area contributed by atoms with E-state index in [1.54, 1.807) is 0 Å². The van der Waals surface area contributed by atoms with Crippen LogP contribution in [0.5, 0.6) is 0 Å². The summed E-state index contributed by atoms with van der Waals surface area (Å²) in [5.41, 5.74) is 15.8. The maximum Gasteiger partial charge on any atom is 0.220 e. The second-order valence-electron chi connectivity index (χ2n) is 13.8. The molecule has 3 heterocycles. The van der Waals surface area contributed by atoms with Gasteiger partial charge in [0, 0.05) is 21.4 Å². The molecule has 0 bridgehead atoms. The summed E-state index contributed by atoms with van der Waals surface area (Å²) in [5, 5.41) is 2.37. The van der Waals surface area contributed by atoms with Crippen LogP contribution in [0.4, 0.5) is 0 Å². The summed E-state index contributed by atoms with van der Waals surface area (Å²) in [5.74, 6) is 0.901. The van der Waals surface area contributed by atoms with Crippen molar-refractivity contribution >= 4 is 62.3 Å². The third-order valence-corrected chi connectivity index (χ3v) is 11.1. The molecular formula is C49H32N4S. The SMILES string of the molecule is Sc1ccc(-n2c3ccccc3c3c(-n4c5ccccc5n5c6ccccc6nc45)cccc32)cc1-c1cccc(-c2cccc(-c3ccccc3)c2)c1. The Morgan fingerprint density at radius 1 is 0.407 bits per heavy atom. The molecule has 11 rings (SSSR count). The predicted octanol–water partition coefficient (Wildman–Crippen LogP) is 12.8. The maximum absolute atomic E-state index is 5.20. The predicted molar refractivity (Wildman–Crippen MR) is 227 cm³/mol. The Morgan fingerprint density at radius 3 is 1.81 bits per heavy atom. The largest absolute Gasteiger partial charge is 0.309 e. The van der Waals surface area contributed by atoms with Crippen LogP contribution in [0.2, 0.25) is 0 Å². The number of thiol groups is 1. The molecule has 8 aromatic carbocycles. The number of fused-ring (bicyclic) bond motifs is 8. The van der Waals surface area contributed by atoms with Gasteiger partial charge in [0.25, 0.3) is 0 Å². The lowest BCUT2D eigenvalue weighted by Crippen LogP contribution is -1.98. The Kier molecular flexibility index (Phi) is 6.91. The van der Waals surface area contributed by atoms with Gasteiger partial charge in [-0.05, 0) is 106 Å². The molecule has 254 valence electrons. The molecule has 0 atom stereocenters. The van der Waals surface area contributed by atoms with Crippen molar-refractivity contribution in [3.8, 4) is 44.8 Å². The zero-order valence-electron chi connectivity index (χ0n) is 29.1. The number of para-hydroxylation sites is 5. The van der Waals surface area contributed by atoms with Gasteiger partial charge in [-0.15, -0.1) is 12.6 Å². The van der Waals surface area contributed by atoms with Crippen LogP contribution < -0.4 is 0 Å². The van der Waals surface area contributed by atoms with E-state index in [9.17, 15) is 0 Å². The monoisotopic (exact) mass is 708 g/mol. The summed E-state index contributed by atoms with van der Waals surface area (Å²) in [6.07, 6.45) is 0. The quantitative estimate of drug-likeness (QED) is 0.177. The molecule has 0 unspecified atom stereocenters. The zero-order valence-corrected chi connectivity index (χ0v) is 30.0. The minimum absolute atomic E-state index is 0.901. The van der Waals surface area contributed by atoms with Crippen molar-refractivity contribution in [1.82, 2.24) is 18.5 Å². The van der Waals surface area contributed by atoms with Crippen molar-refractivity contribution in [3.05, 3.63) is 188 Å². The lowest BCUT2D eigenvalue weighted by Gasteiger charge is -2.14. The molecule has 11 aromatic rings. The van der Waals surface area contributed by atoms with Crippen LogP contribution in [0.3, 0.4) is 0 Å². The number of aromatic nitrogens is 4. The number of benzene rings is 8. The van der Waals surface area contributed by atoms with Gasteiger partial charge in [-0.3, -0.25) is 8.97 Å². The Morgan fingerprint density at radius 2 is 1.00 bits per heavy atom. The highest BCUT2D eigenvalue weighted by molar-refractivity contribution is 7.80. The molecule has 0 aliphatic carbocycles. The number of imidazole rings is 2. The summed E-state index contributed by atoms with van der Waals surface area (Å²) in [7, 11) is 0. The fourth-order valence-corrected chi connectivity index (χ4v) is 8.59. The Labute approximate surface area is 317 Å². The van der Waals surface area contributed by atoms with Gasteiger partial charge in [0.05, 0.1) is 38.8 Å². The summed E-state index contributed by atoms with van der Waals surface area (Å²) >= 11 is 5.01. The van der Waals surface area contributed by atoms with Gasteiger partial charge in [-0.1, -0.05) is 115 Å². The van der Waals surface area contributed by atoms with Crippen molar-refractivity contribution in [2.24, 2.45) is 0 Å². The third kappa shape index (κ3) is 4.69. The van der Waals surface area contributed by atoms with E-state index in [1.807, 2.05) is 0 Å². The van der Waals surface area contributed by atoms with E-state index in [1.165, 1.54) is 33.0 Å². The van der Waals surface area contributed by atoms with Crippen LogP contribution in [0, 0.1) is 0 Å². The highest BCUT2D eigenvalue weighted by atomic mass is 32.1. The van der Waals surface area contributed by atoms with Crippen LogP contribution in [0.1, 0.15) is 0 Å². The van der Waals surface area contributed by atoms with Gasteiger partial charge in [0.1, 0.15) is 0 Å². The van der Waals surface area contributed by atoms with E-state index in [2.05, 4.69) is 202 Å². The Balaban J connectivity index is 1.10. The first-order valence-electron chi connectivity index (χ1n) is 18.2. The summed E-state index contributed by atoms with van der Waals surface area (Å²) in [4.78, 5) is 6.13. The molecule has 0 aliphatic rings. The number of rotatable bonds is 5. The van der Waals surface area contributed by atoms with E-state index in [4.69, 9.17) is 17.6 Å². The Bertz CT molecular complexity index is 3240. The lowest BCUT2D eigenvalue weighted by molar-refractivity contribution is 1.12. The van der Waals surface area contributed by atoms with Crippen LogP contribution >= 0.6 is 12.6 Å². The minimum atomic E-state index is 0.901. The summed E-state index contributed by atoms with van der Waals surface area (Å²) in [6.45, 7) is 0. The van der Waals surface area contributed by atoms with Gasteiger partial charge < -0.3 is 4.57 Å². The second-order valence-corrected chi connectivity index (χ2v) is 14.3. The standard InChI is InChI=1S/C49H32N4S/c54-47-28-27-37(31-39(47)36-18-11-17-35(30-36)34-16-10-15-33(29-34)32-13-2-1-3-14-32)51-41-21-6-4-19-38(41)48-45(51)25-12-26-46(48)53-44-24-9-8-23-43(44)52-42-22-7-5-20-40(42)50-49(52)53/h1-31,54H. The molecule has 0 saturated heterocycles. The molecule has 0 fully saturated rings. The van der Waals surface area contributed by atoms with E-state index in [0.29, 0.717) is 0 Å². The maximum atomic E-state index is 5.20. The average molecular weight is 709 g/mol. The molecule has 3 aromatic heterocycles. The lowest BCUT2D eigenvalue weighted by atomic mass is 9.96. The summed E-state index contributed by atoms with van der Waals surface area (Å²) < 4.78 is 7.00. The van der Waals surface area contributed by atoms with Crippen LogP contribution in [0.25, 0.3) is 94.4 Å². The first-order chi connectivity index (χ1) is 26.7. The van der Waals surface area contributed by atoms with E-state index in [-0.39, 0.29) is 0 Å².